The predicted molar refractivity (Wildman–Crippen MR) is 128 cm³/mol. The highest BCUT2D eigenvalue weighted by Gasteiger charge is 2.42. The molecule has 2 aliphatic heterocycles. The topological polar surface area (TPSA) is 53.4 Å². The lowest BCUT2D eigenvalue weighted by molar-refractivity contribution is -0.187. The summed E-state index contributed by atoms with van der Waals surface area (Å²) in [5.41, 5.74) is 1.73. The Labute approximate surface area is 210 Å². The molecule has 2 aromatic carbocycles. The van der Waals surface area contributed by atoms with Crippen molar-refractivity contribution in [3.63, 3.8) is 0 Å². The van der Waals surface area contributed by atoms with E-state index in [1.807, 2.05) is 0 Å². The van der Waals surface area contributed by atoms with Gasteiger partial charge in [0.1, 0.15) is 29.0 Å². The first-order chi connectivity index (χ1) is 17.7. The molecule has 1 fully saturated rings. The number of hydrogen-bond acceptors (Lipinski definition) is 4. The smallest absolute Gasteiger partial charge is 0.339 e. The Morgan fingerprint density at radius 1 is 1.00 bits per heavy atom. The number of nitrogens with one attached hydrogen (secondary N) is 1. The van der Waals surface area contributed by atoms with Crippen LogP contribution in [0.4, 0.5) is 33.5 Å². The van der Waals surface area contributed by atoms with Crippen molar-refractivity contribution in [2.75, 3.05) is 25.0 Å². The van der Waals surface area contributed by atoms with E-state index in [0.717, 1.165) is 0 Å². The van der Waals surface area contributed by atoms with Gasteiger partial charge in [-0.15, -0.1) is 0 Å². The van der Waals surface area contributed by atoms with E-state index in [2.05, 4.69) is 10.3 Å². The number of alkyl halides is 3. The van der Waals surface area contributed by atoms with Crippen LogP contribution >= 0.6 is 0 Å². The van der Waals surface area contributed by atoms with Gasteiger partial charge in [-0.25, -0.2) is 13.8 Å². The third-order valence-electron chi connectivity index (χ3n) is 6.56. The Morgan fingerprint density at radius 3 is 2.35 bits per heavy atom. The van der Waals surface area contributed by atoms with Crippen molar-refractivity contribution < 1.29 is 26.7 Å². The molecule has 3 heterocycles. The number of likely N-dealkylation sites (tertiary alicyclic amines) is 1. The molecule has 0 radical (unpaired) electrons. The van der Waals surface area contributed by atoms with E-state index in [-0.39, 0.29) is 37.8 Å². The van der Waals surface area contributed by atoms with Gasteiger partial charge in [0.05, 0.1) is 19.0 Å². The number of nitrogens with zero attached hydrogens (tertiary/aromatic N) is 4. The minimum Gasteiger partial charge on any atom is -0.339 e. The molecule has 1 unspecified atom stereocenters. The van der Waals surface area contributed by atoms with E-state index in [4.69, 9.17) is 0 Å². The first-order valence-corrected chi connectivity index (χ1v) is 11.8. The molecule has 2 aliphatic rings. The zero-order chi connectivity index (χ0) is 26.2. The van der Waals surface area contributed by atoms with Gasteiger partial charge in [-0.1, -0.05) is 0 Å². The molecule has 11 heteroatoms. The number of amides is 1. The Morgan fingerprint density at radius 2 is 1.68 bits per heavy atom. The number of carbonyl (C=O) groups excluding carboxylic acids is 1. The summed E-state index contributed by atoms with van der Waals surface area (Å²) in [6, 6.07) is 11.6. The second-order valence-electron chi connectivity index (χ2n) is 9.17. The van der Waals surface area contributed by atoms with Crippen molar-refractivity contribution in [2.45, 2.75) is 25.6 Å². The number of piperidine rings is 1. The van der Waals surface area contributed by atoms with Crippen molar-refractivity contribution in [1.82, 2.24) is 19.4 Å². The summed E-state index contributed by atoms with van der Waals surface area (Å²) in [5, 5.41) is 3.22. The van der Waals surface area contributed by atoms with Crippen LogP contribution in [-0.4, -0.2) is 51.1 Å². The third-order valence-corrected chi connectivity index (χ3v) is 6.56. The maximum absolute atomic E-state index is 13.5. The van der Waals surface area contributed by atoms with Gasteiger partial charge in [-0.2, -0.15) is 13.2 Å². The molecule has 1 saturated heterocycles. The van der Waals surface area contributed by atoms with E-state index in [9.17, 15) is 26.7 Å². The van der Waals surface area contributed by atoms with Crippen LogP contribution in [0.25, 0.3) is 17.5 Å². The average Bonchev–Trinajstić information content (AvgIpc) is 3.23. The quantitative estimate of drug-likeness (QED) is 0.447. The van der Waals surface area contributed by atoms with Crippen LogP contribution in [-0.2, 0) is 11.3 Å². The molecule has 5 rings (SSSR count). The molecule has 0 aliphatic carbocycles. The molecule has 1 atom stereocenters. The normalized spacial score (nSPS) is 18.1. The minimum atomic E-state index is -4.28. The molecule has 6 nitrogen and oxygen atoms in total. The molecule has 1 aromatic heterocycles. The highest BCUT2D eigenvalue weighted by Crippen LogP contribution is 2.35. The fraction of sp³-hybridized carbons (Fsp3) is 0.308. The molecule has 1 N–H and O–H groups in total. The Hall–Kier alpha value is -3.73. The van der Waals surface area contributed by atoms with Crippen LogP contribution in [0.1, 0.15) is 18.7 Å². The van der Waals surface area contributed by atoms with E-state index in [1.54, 1.807) is 46.1 Å². The maximum atomic E-state index is 13.5. The van der Waals surface area contributed by atoms with Gasteiger partial charge in [0.2, 0.25) is 5.91 Å². The number of aromatic nitrogens is 2. The Balaban J connectivity index is 1.38. The monoisotopic (exact) mass is 517 g/mol. The molecule has 1 amide bonds. The summed E-state index contributed by atoms with van der Waals surface area (Å²) in [4.78, 5) is 20.6. The van der Waals surface area contributed by atoms with Crippen molar-refractivity contribution in [1.29, 1.82) is 0 Å². The largest absolute Gasteiger partial charge is 0.393 e. The average molecular weight is 518 g/mol. The number of imidazole rings is 1. The molecule has 37 heavy (non-hydrogen) atoms. The summed E-state index contributed by atoms with van der Waals surface area (Å²) < 4.78 is 68.2. The summed E-state index contributed by atoms with van der Waals surface area (Å²) in [6.45, 7) is 0.223. The van der Waals surface area contributed by atoms with Crippen molar-refractivity contribution in [3.8, 4) is 11.3 Å². The highest BCUT2D eigenvalue weighted by atomic mass is 19.4. The lowest BCUT2D eigenvalue weighted by atomic mass is 9.97. The molecular formula is C26H24F5N5O. The van der Waals surface area contributed by atoms with Crippen molar-refractivity contribution in [3.05, 3.63) is 72.2 Å². The minimum absolute atomic E-state index is 0.0746. The van der Waals surface area contributed by atoms with Gasteiger partial charge in [-0.3, -0.25) is 14.3 Å². The van der Waals surface area contributed by atoms with Gasteiger partial charge in [0.15, 0.2) is 0 Å². The van der Waals surface area contributed by atoms with Crippen molar-refractivity contribution >= 4 is 23.6 Å². The fourth-order valence-corrected chi connectivity index (χ4v) is 4.62. The van der Waals surface area contributed by atoms with Crippen LogP contribution < -0.4 is 5.32 Å². The number of fused-ring (bicyclic) bond motifs is 1. The number of halogens is 5. The van der Waals surface area contributed by atoms with E-state index in [1.165, 1.54) is 29.2 Å². The van der Waals surface area contributed by atoms with Gasteiger partial charge in [0, 0.05) is 30.2 Å². The lowest BCUT2D eigenvalue weighted by Gasteiger charge is -2.34. The Kier molecular flexibility index (Phi) is 6.72. The number of hydrogen-bond donors (Lipinski definition) is 1. The first-order valence-electron chi connectivity index (χ1n) is 11.8. The molecule has 0 spiro atoms. The SMILES string of the molecule is O=C(CN1CCCC(C(F)(F)F)C1)N1C=Cn2c(nc(-c3ccc(F)cc3)c2Nc2ccc(F)cc2)C1. The van der Waals surface area contributed by atoms with Crippen LogP contribution in [0.5, 0.6) is 0 Å². The van der Waals surface area contributed by atoms with Gasteiger partial charge < -0.3 is 10.2 Å². The van der Waals surface area contributed by atoms with Crippen molar-refractivity contribution in [2.24, 2.45) is 5.92 Å². The third kappa shape index (κ3) is 5.51. The summed E-state index contributed by atoms with van der Waals surface area (Å²) in [7, 11) is 0. The number of carbonyl (C=O) groups is 1. The van der Waals surface area contributed by atoms with E-state index < -0.39 is 17.9 Å². The zero-order valence-corrected chi connectivity index (χ0v) is 19.7. The van der Waals surface area contributed by atoms with Gasteiger partial charge in [0.25, 0.3) is 0 Å². The maximum Gasteiger partial charge on any atom is 0.393 e. The van der Waals surface area contributed by atoms with E-state index >= 15 is 0 Å². The lowest BCUT2D eigenvalue weighted by Crippen LogP contribution is -2.46. The molecule has 3 aromatic rings. The molecule has 0 saturated carbocycles. The van der Waals surface area contributed by atoms with Crippen LogP contribution in [0.2, 0.25) is 0 Å². The number of anilines is 2. The number of benzene rings is 2. The fourth-order valence-electron chi connectivity index (χ4n) is 4.62. The summed E-state index contributed by atoms with van der Waals surface area (Å²) in [6.07, 6.45) is -0.617. The van der Waals surface area contributed by atoms with Crippen LogP contribution in [0, 0.1) is 17.6 Å². The second kappa shape index (κ2) is 9.97. The number of rotatable bonds is 5. The standard InChI is InChI=1S/C26H24F5N5O/c27-19-5-3-17(4-6-19)24-25(32-21-9-7-20(28)8-10-21)36-13-12-35(15-22(36)33-24)23(37)16-34-11-1-2-18(14-34)26(29,30)31/h3-10,12-13,18,32H,1-2,11,14-16H2. The van der Waals surface area contributed by atoms with Crippen LogP contribution in [0.15, 0.2) is 54.7 Å². The zero-order valence-electron chi connectivity index (χ0n) is 19.7. The summed E-state index contributed by atoms with van der Waals surface area (Å²) >= 11 is 0. The highest BCUT2D eigenvalue weighted by molar-refractivity contribution is 5.82. The first kappa shape index (κ1) is 24.9. The summed E-state index contributed by atoms with van der Waals surface area (Å²) in [5.74, 6) is -1.49. The van der Waals surface area contributed by atoms with Gasteiger partial charge >= 0.3 is 6.18 Å². The second-order valence-corrected chi connectivity index (χ2v) is 9.17. The van der Waals surface area contributed by atoms with E-state index in [0.29, 0.717) is 41.6 Å². The van der Waals surface area contributed by atoms with Gasteiger partial charge in [-0.05, 0) is 67.9 Å². The molecule has 194 valence electrons. The van der Waals surface area contributed by atoms with Crippen LogP contribution in [0.3, 0.4) is 0 Å². The Bertz CT molecular complexity index is 1300. The predicted octanol–water partition coefficient (Wildman–Crippen LogP) is 5.62. The molecule has 0 bridgehead atoms. The molecular weight excluding hydrogens is 493 g/mol.